The molecule has 3 heterocycles. The molecule has 9 nitrogen and oxygen atoms in total. The third-order valence-electron chi connectivity index (χ3n) is 4.23. The molecule has 138 valence electrons. The fraction of sp³-hybridized carbons (Fsp3) is 0.667. The van der Waals surface area contributed by atoms with Crippen molar-refractivity contribution in [2.24, 2.45) is 0 Å². The molecule has 0 radical (unpaired) electrons. The molecule has 1 saturated heterocycles. The van der Waals surface area contributed by atoms with Gasteiger partial charge in [0, 0.05) is 13.1 Å². The molecule has 0 amide bonds. The van der Waals surface area contributed by atoms with Crippen molar-refractivity contribution in [2.75, 3.05) is 24.3 Å². The normalized spacial score (nSPS) is 29.5. The highest BCUT2D eigenvalue weighted by Crippen LogP contribution is 2.42. The van der Waals surface area contributed by atoms with E-state index in [1.165, 1.54) is 17.8 Å². The molecule has 25 heavy (non-hydrogen) atoms. The molecule has 4 atom stereocenters. The van der Waals surface area contributed by atoms with Gasteiger partial charge >= 0.3 is 0 Å². The Kier molecular flexibility index (Phi) is 4.52. The van der Waals surface area contributed by atoms with Crippen molar-refractivity contribution < 1.29 is 19.3 Å². The summed E-state index contributed by atoms with van der Waals surface area (Å²) in [6, 6.07) is 0.105. The minimum atomic E-state index is -2.11. The van der Waals surface area contributed by atoms with Crippen LogP contribution in [0, 0.1) is 0 Å². The van der Waals surface area contributed by atoms with E-state index in [-0.39, 0.29) is 6.04 Å². The Labute approximate surface area is 144 Å². The van der Waals surface area contributed by atoms with Gasteiger partial charge in [0.15, 0.2) is 28.9 Å². The summed E-state index contributed by atoms with van der Waals surface area (Å²) in [5, 5.41) is 25.4. The molecule has 1 aliphatic rings. The van der Waals surface area contributed by atoms with Gasteiger partial charge in [-0.25, -0.2) is 9.37 Å². The average Bonchev–Trinajstić information content (AvgIpc) is 3.06. The van der Waals surface area contributed by atoms with Crippen LogP contribution in [0.3, 0.4) is 0 Å². The number of aliphatic hydroxyl groups excluding tert-OH is 2. The maximum Gasteiger partial charge on any atom is 0.226 e. The Bertz CT molecular complexity index is 765. The summed E-state index contributed by atoms with van der Waals surface area (Å²) < 4.78 is 22.0. The number of anilines is 2. The lowest BCUT2D eigenvalue weighted by Crippen LogP contribution is -2.40. The summed E-state index contributed by atoms with van der Waals surface area (Å²) >= 11 is 0. The maximum atomic E-state index is 15.1. The van der Waals surface area contributed by atoms with Crippen molar-refractivity contribution in [3.05, 3.63) is 6.33 Å². The quantitative estimate of drug-likeness (QED) is 0.619. The molecule has 10 heteroatoms. The molecular weight excluding hydrogens is 331 g/mol. The Morgan fingerprint density at radius 2 is 2.16 bits per heavy atom. The molecular formula is C15H23FN6O3. The van der Waals surface area contributed by atoms with Crippen molar-refractivity contribution in [3.63, 3.8) is 0 Å². The monoisotopic (exact) mass is 354 g/mol. The SMILES string of the molecule is CNc1nc(NC(C)C)nc2c1ncn2[C@@H]1O[C@H](CO)[C@@H](O)[C@@]1(C)F. The zero-order chi connectivity index (χ0) is 18.4. The van der Waals surface area contributed by atoms with Gasteiger partial charge in [0.2, 0.25) is 5.95 Å². The summed E-state index contributed by atoms with van der Waals surface area (Å²) in [7, 11) is 1.71. The van der Waals surface area contributed by atoms with Crippen LogP contribution in [0.25, 0.3) is 11.2 Å². The fourth-order valence-electron chi connectivity index (χ4n) is 2.95. The van der Waals surface area contributed by atoms with Crippen LogP contribution in [0.4, 0.5) is 16.2 Å². The van der Waals surface area contributed by atoms with Gasteiger partial charge in [-0.05, 0) is 20.8 Å². The van der Waals surface area contributed by atoms with Gasteiger partial charge in [0.25, 0.3) is 0 Å². The highest BCUT2D eigenvalue weighted by molar-refractivity contribution is 5.84. The van der Waals surface area contributed by atoms with Crippen LogP contribution in [0.1, 0.15) is 27.0 Å². The first-order chi connectivity index (χ1) is 11.8. The number of alkyl halides is 1. The van der Waals surface area contributed by atoms with E-state index in [9.17, 15) is 10.2 Å². The predicted octanol–water partition coefficient (Wildman–Crippen LogP) is 0.667. The van der Waals surface area contributed by atoms with Crippen LogP contribution in [0.15, 0.2) is 6.33 Å². The molecule has 1 fully saturated rings. The second-order valence-corrected chi connectivity index (χ2v) is 6.57. The number of imidazole rings is 1. The molecule has 2 aromatic heterocycles. The lowest BCUT2D eigenvalue weighted by molar-refractivity contribution is -0.0566. The summed E-state index contributed by atoms with van der Waals surface area (Å²) in [6.07, 6.45) is -2.25. The van der Waals surface area contributed by atoms with Crippen molar-refractivity contribution in [2.45, 2.75) is 50.9 Å². The van der Waals surface area contributed by atoms with Gasteiger partial charge in [-0.3, -0.25) is 4.57 Å². The number of hydrogen-bond donors (Lipinski definition) is 4. The highest BCUT2D eigenvalue weighted by Gasteiger charge is 2.55. The minimum Gasteiger partial charge on any atom is -0.394 e. The number of nitrogens with one attached hydrogen (secondary N) is 2. The lowest BCUT2D eigenvalue weighted by Gasteiger charge is -2.24. The Balaban J connectivity index is 2.11. The zero-order valence-corrected chi connectivity index (χ0v) is 14.6. The molecule has 0 unspecified atom stereocenters. The first-order valence-corrected chi connectivity index (χ1v) is 8.11. The van der Waals surface area contributed by atoms with Gasteiger partial charge in [-0.15, -0.1) is 0 Å². The van der Waals surface area contributed by atoms with Crippen molar-refractivity contribution in [1.29, 1.82) is 0 Å². The lowest BCUT2D eigenvalue weighted by atomic mass is 9.98. The van der Waals surface area contributed by atoms with E-state index in [1.54, 1.807) is 7.05 Å². The van der Waals surface area contributed by atoms with Crippen molar-refractivity contribution in [1.82, 2.24) is 19.5 Å². The van der Waals surface area contributed by atoms with Gasteiger partial charge in [0.05, 0.1) is 12.9 Å². The van der Waals surface area contributed by atoms with E-state index < -0.39 is 30.7 Å². The van der Waals surface area contributed by atoms with E-state index in [0.717, 1.165) is 0 Å². The summed E-state index contributed by atoms with van der Waals surface area (Å²) in [6.45, 7) is 4.65. The standard InChI is InChI=1S/C15H23FN6O3/c1-7(2)19-14-20-11(17-4)9-12(21-14)22(6-18-9)13-15(3,16)10(24)8(5-23)25-13/h6-8,10,13,23-24H,5H2,1-4H3,(H2,17,19,20,21)/t8-,10-,13-,15-/m1/s1. The van der Waals surface area contributed by atoms with Gasteiger partial charge in [-0.2, -0.15) is 9.97 Å². The fourth-order valence-corrected chi connectivity index (χ4v) is 2.95. The van der Waals surface area contributed by atoms with Gasteiger partial charge in [0.1, 0.15) is 12.2 Å². The minimum absolute atomic E-state index is 0.105. The molecule has 3 rings (SSSR count). The van der Waals surface area contributed by atoms with E-state index >= 15 is 4.39 Å². The summed E-state index contributed by atoms with van der Waals surface area (Å²) in [5.41, 5.74) is -1.29. The molecule has 0 spiro atoms. The van der Waals surface area contributed by atoms with Crippen molar-refractivity contribution >= 4 is 22.9 Å². The number of aromatic nitrogens is 4. The molecule has 4 N–H and O–H groups in total. The topological polar surface area (TPSA) is 117 Å². The third kappa shape index (κ3) is 2.90. The second kappa shape index (κ2) is 6.36. The van der Waals surface area contributed by atoms with Crippen LogP contribution in [0.2, 0.25) is 0 Å². The third-order valence-corrected chi connectivity index (χ3v) is 4.23. The molecule has 0 bridgehead atoms. The Morgan fingerprint density at radius 3 is 2.72 bits per heavy atom. The second-order valence-electron chi connectivity index (χ2n) is 6.57. The molecule has 2 aromatic rings. The van der Waals surface area contributed by atoms with E-state index in [1.807, 2.05) is 13.8 Å². The number of rotatable bonds is 5. The van der Waals surface area contributed by atoms with E-state index in [0.29, 0.717) is 22.9 Å². The number of halogens is 1. The first kappa shape index (κ1) is 17.8. The Hall–Kier alpha value is -2.04. The largest absolute Gasteiger partial charge is 0.394 e. The van der Waals surface area contributed by atoms with E-state index in [4.69, 9.17) is 4.74 Å². The summed E-state index contributed by atoms with van der Waals surface area (Å²) in [5.74, 6) is 0.858. The molecule has 0 aliphatic carbocycles. The van der Waals surface area contributed by atoms with E-state index in [2.05, 4.69) is 25.6 Å². The maximum absolute atomic E-state index is 15.1. The number of nitrogens with zero attached hydrogens (tertiary/aromatic N) is 4. The molecule has 1 aliphatic heterocycles. The predicted molar refractivity (Wildman–Crippen MR) is 90.1 cm³/mol. The van der Waals surface area contributed by atoms with Crippen LogP contribution in [-0.2, 0) is 4.74 Å². The van der Waals surface area contributed by atoms with Crippen LogP contribution in [0.5, 0.6) is 0 Å². The van der Waals surface area contributed by atoms with Gasteiger partial charge < -0.3 is 25.6 Å². The molecule has 0 aromatic carbocycles. The van der Waals surface area contributed by atoms with Crippen LogP contribution in [-0.4, -0.2) is 67.3 Å². The first-order valence-electron chi connectivity index (χ1n) is 8.11. The molecule has 0 saturated carbocycles. The number of hydrogen-bond acceptors (Lipinski definition) is 8. The van der Waals surface area contributed by atoms with Crippen LogP contribution < -0.4 is 10.6 Å². The van der Waals surface area contributed by atoms with Gasteiger partial charge in [-0.1, -0.05) is 0 Å². The smallest absolute Gasteiger partial charge is 0.226 e. The van der Waals surface area contributed by atoms with Crippen molar-refractivity contribution in [3.8, 4) is 0 Å². The number of ether oxygens (including phenoxy) is 1. The Morgan fingerprint density at radius 1 is 1.44 bits per heavy atom. The highest BCUT2D eigenvalue weighted by atomic mass is 19.1. The zero-order valence-electron chi connectivity index (χ0n) is 14.6. The van der Waals surface area contributed by atoms with Crippen LogP contribution >= 0.6 is 0 Å². The summed E-state index contributed by atoms with van der Waals surface area (Å²) in [4.78, 5) is 13.0. The number of fused-ring (bicyclic) bond motifs is 1. The number of aliphatic hydroxyl groups is 2. The average molecular weight is 354 g/mol.